The first-order valence-electron chi connectivity index (χ1n) is 6.58. The van der Waals surface area contributed by atoms with Crippen molar-refractivity contribution in [2.24, 2.45) is 17.6 Å². The first-order chi connectivity index (χ1) is 7.96. The molecule has 17 heavy (non-hydrogen) atoms. The van der Waals surface area contributed by atoms with E-state index in [4.69, 9.17) is 18.0 Å². The summed E-state index contributed by atoms with van der Waals surface area (Å²) in [6, 6.07) is 0. The van der Waals surface area contributed by atoms with Crippen LogP contribution in [0, 0.1) is 11.8 Å². The predicted molar refractivity (Wildman–Crippen MR) is 74.7 cm³/mol. The maximum atomic E-state index is 12.3. The van der Waals surface area contributed by atoms with Crippen molar-refractivity contribution >= 4 is 23.1 Å². The van der Waals surface area contributed by atoms with Crippen molar-refractivity contribution in [1.29, 1.82) is 0 Å². The van der Waals surface area contributed by atoms with E-state index in [0.29, 0.717) is 10.9 Å². The van der Waals surface area contributed by atoms with E-state index < -0.39 is 5.54 Å². The zero-order valence-corrected chi connectivity index (χ0v) is 11.9. The maximum Gasteiger partial charge on any atom is 0.224 e. The van der Waals surface area contributed by atoms with Gasteiger partial charge in [-0.05, 0) is 31.6 Å². The lowest BCUT2D eigenvalue weighted by Crippen LogP contribution is -2.57. The number of nitrogens with one attached hydrogen (secondary N) is 1. The molecule has 0 spiro atoms. The molecule has 0 saturated heterocycles. The number of amides is 1. The zero-order chi connectivity index (χ0) is 13.1. The van der Waals surface area contributed by atoms with E-state index in [0.717, 1.165) is 32.1 Å². The Bertz CT molecular complexity index is 300. The van der Waals surface area contributed by atoms with Crippen LogP contribution < -0.4 is 11.1 Å². The van der Waals surface area contributed by atoms with Gasteiger partial charge in [-0.3, -0.25) is 4.79 Å². The molecule has 1 aliphatic carbocycles. The Labute approximate surface area is 110 Å². The molecule has 2 atom stereocenters. The molecule has 3 nitrogen and oxygen atoms in total. The van der Waals surface area contributed by atoms with E-state index in [1.54, 1.807) is 0 Å². The number of hydrogen-bond acceptors (Lipinski definition) is 2. The Morgan fingerprint density at radius 1 is 1.41 bits per heavy atom. The van der Waals surface area contributed by atoms with Crippen molar-refractivity contribution in [3.63, 3.8) is 0 Å². The zero-order valence-electron chi connectivity index (χ0n) is 11.1. The molecule has 98 valence electrons. The minimum atomic E-state index is -0.491. The Kier molecular flexibility index (Phi) is 4.92. The van der Waals surface area contributed by atoms with Crippen molar-refractivity contribution in [3.05, 3.63) is 0 Å². The van der Waals surface area contributed by atoms with Gasteiger partial charge in [0.1, 0.15) is 0 Å². The quantitative estimate of drug-likeness (QED) is 0.743. The summed E-state index contributed by atoms with van der Waals surface area (Å²) in [5, 5.41) is 3.10. The van der Waals surface area contributed by atoms with Gasteiger partial charge < -0.3 is 11.1 Å². The summed E-state index contributed by atoms with van der Waals surface area (Å²) >= 11 is 5.11. The smallest absolute Gasteiger partial charge is 0.224 e. The number of rotatable bonds is 5. The van der Waals surface area contributed by atoms with Gasteiger partial charge >= 0.3 is 0 Å². The van der Waals surface area contributed by atoms with Gasteiger partial charge in [-0.25, -0.2) is 0 Å². The largest absolute Gasteiger partial charge is 0.391 e. The van der Waals surface area contributed by atoms with Crippen LogP contribution in [-0.2, 0) is 4.79 Å². The van der Waals surface area contributed by atoms with Crippen LogP contribution in [0.15, 0.2) is 0 Å². The lowest BCUT2D eigenvalue weighted by atomic mass is 9.90. The SMILES string of the molecule is CCC(CC)(NC(=O)C1CCCC1C)C(N)=S. The lowest BCUT2D eigenvalue weighted by Gasteiger charge is -2.33. The first-order valence-corrected chi connectivity index (χ1v) is 6.99. The van der Waals surface area contributed by atoms with Crippen molar-refractivity contribution in [1.82, 2.24) is 5.32 Å². The molecular weight excluding hydrogens is 232 g/mol. The van der Waals surface area contributed by atoms with Crippen molar-refractivity contribution in [3.8, 4) is 0 Å². The van der Waals surface area contributed by atoms with Crippen LogP contribution in [0.25, 0.3) is 0 Å². The van der Waals surface area contributed by atoms with E-state index >= 15 is 0 Å². The molecule has 0 radical (unpaired) electrons. The van der Waals surface area contributed by atoms with Gasteiger partial charge in [0, 0.05) is 5.92 Å². The average molecular weight is 256 g/mol. The lowest BCUT2D eigenvalue weighted by molar-refractivity contribution is -0.127. The highest BCUT2D eigenvalue weighted by Gasteiger charge is 2.36. The van der Waals surface area contributed by atoms with E-state index in [1.165, 1.54) is 0 Å². The second kappa shape index (κ2) is 5.80. The summed E-state index contributed by atoms with van der Waals surface area (Å²) < 4.78 is 0. The molecule has 3 N–H and O–H groups in total. The van der Waals surface area contributed by atoms with Gasteiger partial charge in [0.05, 0.1) is 10.5 Å². The van der Waals surface area contributed by atoms with Gasteiger partial charge in [-0.15, -0.1) is 0 Å². The Morgan fingerprint density at radius 3 is 2.35 bits per heavy atom. The van der Waals surface area contributed by atoms with Crippen molar-refractivity contribution in [2.45, 2.75) is 58.4 Å². The minimum absolute atomic E-state index is 0.131. The fourth-order valence-corrected chi connectivity index (χ4v) is 3.04. The van der Waals surface area contributed by atoms with Gasteiger partial charge in [-0.2, -0.15) is 0 Å². The summed E-state index contributed by atoms with van der Waals surface area (Å²) in [6.07, 6.45) is 4.80. The highest BCUT2D eigenvalue weighted by Crippen LogP contribution is 2.32. The number of hydrogen-bond donors (Lipinski definition) is 2. The van der Waals surface area contributed by atoms with E-state index in [2.05, 4.69) is 12.2 Å². The molecule has 4 heteroatoms. The molecule has 1 rings (SSSR count). The molecule has 0 bridgehead atoms. The highest BCUT2D eigenvalue weighted by molar-refractivity contribution is 7.80. The summed E-state index contributed by atoms with van der Waals surface area (Å²) in [4.78, 5) is 12.7. The monoisotopic (exact) mass is 256 g/mol. The number of carbonyl (C=O) groups is 1. The topological polar surface area (TPSA) is 55.1 Å². The molecule has 1 aliphatic rings. The van der Waals surface area contributed by atoms with Crippen LogP contribution in [-0.4, -0.2) is 16.4 Å². The van der Waals surface area contributed by atoms with E-state index in [9.17, 15) is 4.79 Å². The fraction of sp³-hybridized carbons (Fsp3) is 0.846. The average Bonchev–Trinajstić information content (AvgIpc) is 2.72. The fourth-order valence-electron chi connectivity index (χ4n) is 2.70. The van der Waals surface area contributed by atoms with E-state index in [1.807, 2.05) is 13.8 Å². The summed E-state index contributed by atoms with van der Waals surface area (Å²) in [5.41, 5.74) is 5.30. The Morgan fingerprint density at radius 2 is 2.00 bits per heavy atom. The third-order valence-corrected chi connectivity index (χ3v) is 4.63. The third kappa shape index (κ3) is 2.97. The van der Waals surface area contributed by atoms with Crippen molar-refractivity contribution < 1.29 is 4.79 Å². The number of thiocarbonyl (C=S) groups is 1. The molecule has 0 aromatic heterocycles. The first kappa shape index (κ1) is 14.4. The molecule has 2 unspecified atom stereocenters. The van der Waals surface area contributed by atoms with Crippen molar-refractivity contribution in [2.75, 3.05) is 0 Å². The van der Waals surface area contributed by atoms with Crippen LogP contribution >= 0.6 is 12.2 Å². The number of nitrogens with two attached hydrogens (primary N) is 1. The van der Waals surface area contributed by atoms with Gasteiger partial charge in [-0.1, -0.05) is 39.4 Å². The number of carbonyl (C=O) groups excluding carboxylic acids is 1. The Hall–Kier alpha value is -0.640. The summed E-state index contributed by atoms with van der Waals surface area (Å²) in [6.45, 7) is 6.18. The van der Waals surface area contributed by atoms with Crippen LogP contribution in [0.5, 0.6) is 0 Å². The minimum Gasteiger partial charge on any atom is -0.391 e. The highest BCUT2D eigenvalue weighted by atomic mass is 32.1. The predicted octanol–water partition coefficient (Wildman–Crippen LogP) is 2.38. The van der Waals surface area contributed by atoms with Gasteiger partial charge in [0.15, 0.2) is 0 Å². The van der Waals surface area contributed by atoms with Crippen LogP contribution in [0.3, 0.4) is 0 Å². The molecule has 0 aromatic rings. The molecule has 0 heterocycles. The molecule has 1 fully saturated rings. The second-order valence-corrected chi connectivity index (χ2v) is 5.60. The van der Waals surface area contributed by atoms with Crippen LogP contribution in [0.4, 0.5) is 0 Å². The maximum absolute atomic E-state index is 12.3. The van der Waals surface area contributed by atoms with E-state index in [-0.39, 0.29) is 11.8 Å². The standard InChI is InChI=1S/C13H24N2OS/c1-4-13(5-2,12(14)17)15-11(16)10-8-6-7-9(10)3/h9-10H,4-8H2,1-3H3,(H2,14,17)(H,15,16). The second-order valence-electron chi connectivity index (χ2n) is 5.16. The van der Waals surface area contributed by atoms with Crippen LogP contribution in [0.2, 0.25) is 0 Å². The summed E-state index contributed by atoms with van der Waals surface area (Å²) in [5.74, 6) is 0.751. The molecule has 0 aromatic carbocycles. The molecule has 1 amide bonds. The van der Waals surface area contributed by atoms with Gasteiger partial charge in [0.2, 0.25) is 5.91 Å². The summed E-state index contributed by atoms with van der Waals surface area (Å²) in [7, 11) is 0. The molecular formula is C13H24N2OS. The third-order valence-electron chi connectivity index (χ3n) is 4.24. The molecule has 1 saturated carbocycles. The normalized spacial score (nSPS) is 24.6. The Balaban J connectivity index is 2.74. The van der Waals surface area contributed by atoms with Gasteiger partial charge in [0.25, 0.3) is 0 Å². The van der Waals surface area contributed by atoms with Crippen LogP contribution in [0.1, 0.15) is 52.9 Å². The molecule has 0 aliphatic heterocycles.